The van der Waals surface area contributed by atoms with Crippen molar-refractivity contribution in [2.75, 3.05) is 11.5 Å². The van der Waals surface area contributed by atoms with Gasteiger partial charge in [0.2, 0.25) is 0 Å². The maximum Gasteiger partial charge on any atom is 0.313 e. The molecule has 106 valence electrons. The third-order valence-electron chi connectivity index (χ3n) is 4.38. The van der Waals surface area contributed by atoms with Gasteiger partial charge in [-0.2, -0.15) is 11.8 Å². The lowest BCUT2D eigenvalue weighted by Gasteiger charge is -2.39. The van der Waals surface area contributed by atoms with Crippen molar-refractivity contribution in [1.82, 2.24) is 0 Å². The first kappa shape index (κ1) is 14.4. The Labute approximate surface area is 117 Å². The van der Waals surface area contributed by atoms with Crippen LogP contribution in [-0.2, 0) is 14.3 Å². The molecular weight excluding hydrogens is 264 g/mol. The predicted molar refractivity (Wildman–Crippen MR) is 73.9 cm³/mol. The minimum absolute atomic E-state index is 0. The quantitative estimate of drug-likeness (QED) is 0.591. The summed E-state index contributed by atoms with van der Waals surface area (Å²) in [6.07, 6.45) is 2.61. The topological polar surface area (TPSA) is 63.6 Å². The third kappa shape index (κ3) is 2.18. The number of thioether (sulfide) groups is 1. The smallest absolute Gasteiger partial charge is 0.313 e. The zero-order valence-corrected chi connectivity index (χ0v) is 11.0. The molecule has 2 aliphatic heterocycles. The highest BCUT2D eigenvalue weighted by Crippen LogP contribution is 2.48. The molecule has 2 fully saturated rings. The number of carbonyl (C=O) groups excluding carboxylic acids is 1. The van der Waals surface area contributed by atoms with Gasteiger partial charge < -0.3 is 9.84 Å². The fourth-order valence-electron chi connectivity index (χ4n) is 3.59. The molecule has 3 aliphatic rings. The lowest BCUT2D eigenvalue weighted by Crippen LogP contribution is -2.43. The molecule has 4 nitrogen and oxygen atoms in total. The lowest BCUT2D eigenvalue weighted by molar-refractivity contribution is -0.147. The van der Waals surface area contributed by atoms with Gasteiger partial charge in [-0.1, -0.05) is 19.1 Å². The third-order valence-corrected chi connectivity index (χ3v) is 5.44. The maximum absolute atomic E-state index is 11.8. The molecule has 5 heteroatoms. The van der Waals surface area contributed by atoms with E-state index in [-0.39, 0.29) is 37.3 Å². The monoisotopic (exact) mass is 284 g/mol. The van der Waals surface area contributed by atoms with Crippen LogP contribution in [0.2, 0.25) is 0 Å². The SMILES string of the molecule is C.C[C@H]1OC(=O)[C@@H]2C=C3CSCCC3[C@H](C(=O)O)[C@H]12. The van der Waals surface area contributed by atoms with Crippen molar-refractivity contribution < 1.29 is 19.4 Å². The van der Waals surface area contributed by atoms with Crippen molar-refractivity contribution in [3.8, 4) is 0 Å². The molecule has 0 aromatic carbocycles. The Balaban J connectivity index is 0.00000133. The first-order chi connectivity index (χ1) is 8.59. The molecule has 1 N–H and O–H groups in total. The van der Waals surface area contributed by atoms with Gasteiger partial charge in [0.1, 0.15) is 6.10 Å². The number of fused-ring (bicyclic) bond motifs is 2. The second-order valence-corrected chi connectivity index (χ2v) is 6.40. The van der Waals surface area contributed by atoms with E-state index in [1.54, 1.807) is 0 Å². The lowest BCUT2D eigenvalue weighted by atomic mass is 9.66. The summed E-state index contributed by atoms with van der Waals surface area (Å²) in [5, 5.41) is 9.53. The molecule has 0 aromatic heterocycles. The summed E-state index contributed by atoms with van der Waals surface area (Å²) in [6, 6.07) is 0. The Morgan fingerprint density at radius 2 is 2.26 bits per heavy atom. The van der Waals surface area contributed by atoms with E-state index in [1.165, 1.54) is 0 Å². The Hall–Kier alpha value is -0.970. The van der Waals surface area contributed by atoms with Gasteiger partial charge in [-0.3, -0.25) is 9.59 Å². The number of hydrogen-bond acceptors (Lipinski definition) is 4. The molecule has 0 radical (unpaired) electrons. The zero-order chi connectivity index (χ0) is 12.9. The van der Waals surface area contributed by atoms with E-state index < -0.39 is 11.9 Å². The van der Waals surface area contributed by atoms with Gasteiger partial charge in [0, 0.05) is 11.7 Å². The number of carboxylic acids is 1. The average molecular weight is 284 g/mol. The van der Waals surface area contributed by atoms with E-state index in [2.05, 4.69) is 0 Å². The normalized spacial score (nSPS) is 40.4. The number of esters is 1. The van der Waals surface area contributed by atoms with Gasteiger partial charge in [0.15, 0.2) is 0 Å². The first-order valence-electron chi connectivity index (χ1n) is 6.31. The van der Waals surface area contributed by atoms with Crippen LogP contribution in [0.15, 0.2) is 11.6 Å². The molecule has 3 rings (SSSR count). The van der Waals surface area contributed by atoms with Crippen LogP contribution in [0.4, 0.5) is 0 Å². The first-order valence-corrected chi connectivity index (χ1v) is 7.46. The summed E-state index contributed by atoms with van der Waals surface area (Å²) < 4.78 is 5.24. The Morgan fingerprint density at radius 1 is 1.53 bits per heavy atom. The highest BCUT2D eigenvalue weighted by atomic mass is 32.2. The predicted octanol–water partition coefficient (Wildman–Crippen LogP) is 2.19. The number of ether oxygens (including phenoxy) is 1. The van der Waals surface area contributed by atoms with Gasteiger partial charge in [-0.25, -0.2) is 0 Å². The number of carboxylic acid groups (broad SMARTS) is 1. The molecule has 0 aromatic rings. The molecule has 0 saturated carbocycles. The molecule has 1 aliphatic carbocycles. The van der Waals surface area contributed by atoms with Gasteiger partial charge >= 0.3 is 11.9 Å². The summed E-state index contributed by atoms with van der Waals surface area (Å²) in [5.74, 6) is -0.0544. The van der Waals surface area contributed by atoms with Gasteiger partial charge in [-0.05, 0) is 25.0 Å². The molecule has 19 heavy (non-hydrogen) atoms. The number of rotatable bonds is 1. The summed E-state index contributed by atoms with van der Waals surface area (Å²) in [5.41, 5.74) is 1.14. The van der Waals surface area contributed by atoms with Crippen molar-refractivity contribution in [1.29, 1.82) is 0 Å². The Kier molecular flexibility index (Phi) is 3.95. The second-order valence-electron chi connectivity index (χ2n) is 5.30. The van der Waals surface area contributed by atoms with Crippen molar-refractivity contribution in [3.63, 3.8) is 0 Å². The van der Waals surface area contributed by atoms with E-state index in [0.717, 1.165) is 23.5 Å². The van der Waals surface area contributed by atoms with Crippen molar-refractivity contribution >= 4 is 23.7 Å². The number of hydrogen-bond donors (Lipinski definition) is 1. The molecule has 0 spiro atoms. The van der Waals surface area contributed by atoms with Crippen molar-refractivity contribution in [2.24, 2.45) is 23.7 Å². The van der Waals surface area contributed by atoms with E-state index in [9.17, 15) is 14.7 Å². The van der Waals surface area contributed by atoms with Crippen molar-refractivity contribution in [2.45, 2.75) is 26.9 Å². The summed E-state index contributed by atoms with van der Waals surface area (Å²) in [4.78, 5) is 23.4. The molecule has 5 atom stereocenters. The van der Waals surface area contributed by atoms with Crippen LogP contribution in [0, 0.1) is 23.7 Å². The van der Waals surface area contributed by atoms with Crippen LogP contribution in [-0.4, -0.2) is 34.7 Å². The highest BCUT2D eigenvalue weighted by Gasteiger charge is 2.54. The zero-order valence-electron chi connectivity index (χ0n) is 10.2. The van der Waals surface area contributed by atoms with Crippen LogP contribution < -0.4 is 0 Å². The minimum Gasteiger partial charge on any atom is -0.481 e. The van der Waals surface area contributed by atoms with Crippen molar-refractivity contribution in [3.05, 3.63) is 11.6 Å². The van der Waals surface area contributed by atoms with E-state index >= 15 is 0 Å². The van der Waals surface area contributed by atoms with Crippen LogP contribution in [0.5, 0.6) is 0 Å². The molecule has 1 unspecified atom stereocenters. The van der Waals surface area contributed by atoms with E-state index in [1.807, 2.05) is 24.8 Å². The summed E-state index contributed by atoms with van der Waals surface area (Å²) in [6.45, 7) is 1.81. The van der Waals surface area contributed by atoms with Gasteiger partial charge in [-0.15, -0.1) is 0 Å². The number of carbonyl (C=O) groups is 2. The Morgan fingerprint density at radius 3 is 2.95 bits per heavy atom. The largest absolute Gasteiger partial charge is 0.481 e. The standard InChI is InChI=1S/C13H16O4S.CH4/c1-6-10-9(13(16)17-6)4-7-5-18-3-2-8(7)11(10)12(14)15;/h4,6,8-11H,2-3,5H2,1H3,(H,14,15);1H4/t6-,8?,9-,10-,11+;/m1./s1. The Bertz CT molecular complexity index is 431. The van der Waals surface area contributed by atoms with Crippen LogP contribution >= 0.6 is 11.8 Å². The van der Waals surface area contributed by atoms with Gasteiger partial charge in [0.05, 0.1) is 11.8 Å². The molecule has 0 bridgehead atoms. The average Bonchev–Trinajstić information content (AvgIpc) is 2.62. The molecule has 2 heterocycles. The highest BCUT2D eigenvalue weighted by molar-refractivity contribution is 7.99. The fourth-order valence-corrected chi connectivity index (χ4v) is 4.71. The molecule has 2 saturated heterocycles. The fraction of sp³-hybridized carbons (Fsp3) is 0.714. The molecule has 0 amide bonds. The maximum atomic E-state index is 11.8. The second kappa shape index (κ2) is 5.19. The van der Waals surface area contributed by atoms with Crippen LogP contribution in [0.1, 0.15) is 20.8 Å². The van der Waals surface area contributed by atoms with Crippen LogP contribution in [0.25, 0.3) is 0 Å². The van der Waals surface area contributed by atoms with Gasteiger partial charge in [0.25, 0.3) is 0 Å². The minimum atomic E-state index is -0.780. The number of aliphatic carboxylic acids is 1. The van der Waals surface area contributed by atoms with E-state index in [4.69, 9.17) is 4.74 Å². The van der Waals surface area contributed by atoms with E-state index in [0.29, 0.717) is 0 Å². The van der Waals surface area contributed by atoms with Crippen LogP contribution in [0.3, 0.4) is 0 Å². The summed E-state index contributed by atoms with van der Waals surface area (Å²) >= 11 is 1.82. The number of cyclic esters (lactones) is 1. The summed E-state index contributed by atoms with van der Waals surface area (Å²) in [7, 11) is 0. The molecular formula is C14H20O4S.